The molecule has 0 amide bonds. The molecule has 1 N–H and O–H groups in total. The topological polar surface area (TPSA) is 81.5 Å². The van der Waals surface area contributed by atoms with Crippen molar-refractivity contribution in [2.24, 2.45) is 0 Å². The van der Waals surface area contributed by atoms with Crippen LogP contribution in [0, 0.1) is 13.5 Å². The minimum Gasteiger partial charge on any atom is -0.488 e. The van der Waals surface area contributed by atoms with E-state index in [1.807, 2.05) is 85.8 Å². The second kappa shape index (κ2) is 13.0. The van der Waals surface area contributed by atoms with Gasteiger partial charge in [0.1, 0.15) is 23.4 Å². The van der Waals surface area contributed by atoms with Crippen LogP contribution < -0.4 is 19.1 Å². The minimum absolute atomic E-state index is 0.0674. The van der Waals surface area contributed by atoms with E-state index in [0.29, 0.717) is 42.6 Å². The van der Waals surface area contributed by atoms with Gasteiger partial charge in [-0.3, -0.25) is 4.72 Å². The second-order valence-electron chi connectivity index (χ2n) is 10.3. The highest BCUT2D eigenvalue weighted by atomic mass is 32.2. The zero-order chi connectivity index (χ0) is 29.5. The molecule has 1 fully saturated rings. The molecule has 1 atom stereocenters. The van der Waals surface area contributed by atoms with Gasteiger partial charge in [-0.2, -0.15) is 0 Å². The summed E-state index contributed by atoms with van der Waals surface area (Å²) >= 11 is 0. The molecule has 1 heterocycles. The molecule has 8 nitrogen and oxygen atoms in total. The fourth-order valence-corrected chi connectivity index (χ4v) is 5.50. The van der Waals surface area contributed by atoms with Crippen LogP contribution in [-0.2, 0) is 27.8 Å². The molecule has 42 heavy (non-hydrogen) atoms. The third-order valence-electron chi connectivity index (χ3n) is 6.88. The zero-order valence-corrected chi connectivity index (χ0v) is 24.4. The molecule has 1 unspecified atom stereocenters. The lowest BCUT2D eigenvalue weighted by Gasteiger charge is -2.28. The Kier molecular flexibility index (Phi) is 8.96. The Morgan fingerprint density at radius 3 is 2.40 bits per heavy atom. The largest absolute Gasteiger partial charge is 0.488 e. The van der Waals surface area contributed by atoms with Gasteiger partial charge in [0, 0.05) is 31.3 Å². The van der Waals surface area contributed by atoms with Crippen molar-refractivity contribution in [3.8, 4) is 17.2 Å². The van der Waals surface area contributed by atoms with Crippen molar-refractivity contribution in [2.75, 3.05) is 29.1 Å². The summed E-state index contributed by atoms with van der Waals surface area (Å²) in [6.07, 6.45) is 2.09. The molecule has 1 aliphatic rings. The number of hydrogen-bond donors (Lipinski definition) is 1. The third kappa shape index (κ3) is 7.81. The van der Waals surface area contributed by atoms with Crippen molar-refractivity contribution in [1.29, 1.82) is 0 Å². The maximum Gasteiger partial charge on any atom is 0.229 e. The normalized spacial score (nSPS) is 14.6. The summed E-state index contributed by atoms with van der Waals surface area (Å²) in [6.45, 7) is 11.7. The van der Waals surface area contributed by atoms with E-state index in [9.17, 15) is 8.42 Å². The second-order valence-corrected chi connectivity index (χ2v) is 12.0. The van der Waals surface area contributed by atoms with E-state index in [1.54, 1.807) is 12.1 Å². The summed E-state index contributed by atoms with van der Waals surface area (Å²) < 4.78 is 44.1. The molecule has 0 spiro atoms. The van der Waals surface area contributed by atoms with Gasteiger partial charge in [-0.1, -0.05) is 48.5 Å². The molecule has 5 rings (SSSR count). The van der Waals surface area contributed by atoms with Crippen molar-refractivity contribution in [2.45, 2.75) is 32.5 Å². The first kappa shape index (κ1) is 29.0. The van der Waals surface area contributed by atoms with Crippen molar-refractivity contribution < 1.29 is 22.6 Å². The fourth-order valence-electron chi connectivity index (χ4n) is 4.88. The molecule has 0 radical (unpaired) electrons. The molecule has 0 saturated carbocycles. The lowest BCUT2D eigenvalue weighted by Crippen LogP contribution is -2.23. The van der Waals surface area contributed by atoms with Crippen LogP contribution in [0.4, 0.5) is 17.1 Å². The first-order valence-corrected chi connectivity index (χ1v) is 15.5. The monoisotopic (exact) mass is 583 g/mol. The van der Waals surface area contributed by atoms with Crippen LogP contribution in [0.25, 0.3) is 4.85 Å². The number of anilines is 2. The van der Waals surface area contributed by atoms with Crippen molar-refractivity contribution in [1.82, 2.24) is 0 Å². The van der Waals surface area contributed by atoms with E-state index >= 15 is 0 Å². The number of nitrogens with zero attached hydrogens (tertiary/aromatic N) is 2. The summed E-state index contributed by atoms with van der Waals surface area (Å²) in [5, 5.41) is 0. The first-order chi connectivity index (χ1) is 20.3. The van der Waals surface area contributed by atoms with E-state index in [1.165, 1.54) is 0 Å². The van der Waals surface area contributed by atoms with E-state index in [0.717, 1.165) is 47.4 Å². The van der Waals surface area contributed by atoms with Gasteiger partial charge in [-0.05, 0) is 60.0 Å². The van der Waals surface area contributed by atoms with E-state index < -0.39 is 10.0 Å². The highest BCUT2D eigenvalue weighted by Crippen LogP contribution is 2.32. The summed E-state index contributed by atoms with van der Waals surface area (Å²) in [7, 11) is -3.44. The number of nitrogens with one attached hydrogen (secondary N) is 1. The van der Waals surface area contributed by atoms with E-state index in [-0.39, 0.29) is 6.10 Å². The van der Waals surface area contributed by atoms with Crippen LogP contribution in [0.5, 0.6) is 17.2 Å². The molecule has 216 valence electrons. The van der Waals surface area contributed by atoms with Gasteiger partial charge in [0.2, 0.25) is 10.0 Å². The molecule has 9 heteroatoms. The van der Waals surface area contributed by atoms with Gasteiger partial charge in [-0.25, -0.2) is 13.3 Å². The van der Waals surface area contributed by atoms with Crippen LogP contribution in [0.3, 0.4) is 0 Å². The average molecular weight is 584 g/mol. The third-order valence-corrected chi connectivity index (χ3v) is 7.47. The Balaban J connectivity index is 1.35. The van der Waals surface area contributed by atoms with Gasteiger partial charge >= 0.3 is 0 Å². The SMILES string of the molecule is [C-]#[N+]c1cccc(CN(Cc2ccc(Oc3cccc(OC4CCOC4)c3)cc2)c2cccc(NS(C)(=O)=O)c2C)c1. The lowest BCUT2D eigenvalue weighted by atomic mass is 10.1. The fraction of sp³-hybridized carbons (Fsp3) is 0.242. The molecule has 4 aromatic rings. The number of rotatable bonds is 11. The summed E-state index contributed by atoms with van der Waals surface area (Å²) in [5.74, 6) is 2.14. The number of hydrogen-bond acceptors (Lipinski definition) is 6. The Morgan fingerprint density at radius 2 is 1.67 bits per heavy atom. The molecule has 0 aliphatic carbocycles. The first-order valence-electron chi connectivity index (χ1n) is 13.7. The number of ether oxygens (including phenoxy) is 3. The molecule has 1 saturated heterocycles. The van der Waals surface area contributed by atoms with E-state index in [4.69, 9.17) is 20.8 Å². The summed E-state index contributed by atoms with van der Waals surface area (Å²) in [4.78, 5) is 5.75. The molecular formula is C33H33N3O5S. The Labute approximate surface area is 247 Å². The summed E-state index contributed by atoms with van der Waals surface area (Å²) in [6, 6.07) is 28.6. The predicted octanol–water partition coefficient (Wildman–Crippen LogP) is 7.08. The predicted molar refractivity (Wildman–Crippen MR) is 165 cm³/mol. The highest BCUT2D eigenvalue weighted by Gasteiger charge is 2.18. The van der Waals surface area contributed by atoms with Crippen LogP contribution >= 0.6 is 0 Å². The molecule has 0 bridgehead atoms. The number of benzene rings is 4. The smallest absolute Gasteiger partial charge is 0.229 e. The van der Waals surface area contributed by atoms with Gasteiger partial charge in [0.15, 0.2) is 5.69 Å². The Hall–Kier alpha value is -4.52. The van der Waals surface area contributed by atoms with Crippen LogP contribution in [0.2, 0.25) is 0 Å². The molecule has 0 aromatic heterocycles. The standard InChI is InChI=1S/C33H33N3O5S/c1-24-32(35-42(3,37)38)11-6-12-33(24)36(22-26-7-4-8-27(19-26)34-2)21-25-13-15-28(16-14-25)40-29-9-5-10-30(20-29)41-31-17-18-39-23-31/h4-16,19-20,31,35H,17-18,21-23H2,1,3H3. The zero-order valence-electron chi connectivity index (χ0n) is 23.6. The quantitative estimate of drug-likeness (QED) is 0.190. The van der Waals surface area contributed by atoms with Gasteiger partial charge in [0.05, 0.1) is 31.7 Å². The van der Waals surface area contributed by atoms with Crippen molar-refractivity contribution in [3.63, 3.8) is 0 Å². The van der Waals surface area contributed by atoms with E-state index in [2.05, 4.69) is 14.5 Å². The van der Waals surface area contributed by atoms with Crippen molar-refractivity contribution >= 4 is 27.1 Å². The minimum atomic E-state index is -3.44. The summed E-state index contributed by atoms with van der Waals surface area (Å²) in [5.41, 5.74) is 4.84. The molecule has 4 aromatic carbocycles. The molecular weight excluding hydrogens is 550 g/mol. The van der Waals surface area contributed by atoms with Gasteiger partial charge in [-0.15, -0.1) is 0 Å². The van der Waals surface area contributed by atoms with Gasteiger partial charge in [0.25, 0.3) is 0 Å². The molecule has 1 aliphatic heterocycles. The Bertz CT molecular complexity index is 1680. The van der Waals surface area contributed by atoms with Gasteiger partial charge < -0.3 is 19.1 Å². The van der Waals surface area contributed by atoms with Crippen molar-refractivity contribution in [3.05, 3.63) is 119 Å². The van der Waals surface area contributed by atoms with Crippen LogP contribution in [-0.4, -0.2) is 34.0 Å². The lowest BCUT2D eigenvalue weighted by molar-refractivity contribution is 0.141. The Morgan fingerprint density at radius 1 is 0.929 bits per heavy atom. The average Bonchev–Trinajstić information content (AvgIpc) is 3.47. The number of sulfonamides is 1. The van der Waals surface area contributed by atoms with Crippen LogP contribution in [0.1, 0.15) is 23.1 Å². The highest BCUT2D eigenvalue weighted by molar-refractivity contribution is 7.92. The maximum absolute atomic E-state index is 12.0. The van der Waals surface area contributed by atoms with Crippen LogP contribution in [0.15, 0.2) is 91.0 Å². The maximum atomic E-state index is 12.0.